The Labute approximate surface area is 90.0 Å². The van der Waals surface area contributed by atoms with E-state index in [0.717, 1.165) is 25.7 Å². The molecule has 1 rings (SSSR count). The topological polar surface area (TPSA) is 43.1 Å². The molecule has 1 fully saturated rings. The number of nitro groups is 1. The molecule has 1 aliphatic rings. The van der Waals surface area contributed by atoms with Crippen LogP contribution in [-0.4, -0.2) is 16.3 Å². The zero-order valence-electron chi connectivity index (χ0n) is 8.45. The fourth-order valence-electron chi connectivity index (χ4n) is 2.01. The molecule has 3 nitrogen and oxygen atoms in total. The average Bonchev–Trinajstić information content (AvgIpc) is 2.15. The van der Waals surface area contributed by atoms with Crippen LogP contribution in [0.25, 0.3) is 0 Å². The molecule has 0 aliphatic heterocycles. The van der Waals surface area contributed by atoms with Crippen molar-refractivity contribution in [2.24, 2.45) is 0 Å². The molecule has 0 amide bonds. The van der Waals surface area contributed by atoms with Crippen molar-refractivity contribution in [2.45, 2.75) is 62.8 Å². The third kappa shape index (κ3) is 3.82. The Balaban J connectivity index is 2.46. The van der Waals surface area contributed by atoms with E-state index in [0.29, 0.717) is 6.42 Å². The summed E-state index contributed by atoms with van der Waals surface area (Å²) >= 11 is 6.04. The Bertz CT molecular complexity index is 187. The number of hydrogen-bond donors (Lipinski definition) is 0. The van der Waals surface area contributed by atoms with Crippen molar-refractivity contribution in [1.29, 1.82) is 0 Å². The highest BCUT2D eigenvalue weighted by atomic mass is 35.5. The fourth-order valence-corrected chi connectivity index (χ4v) is 2.38. The lowest BCUT2D eigenvalue weighted by atomic mass is 9.97. The number of alkyl halides is 1. The lowest BCUT2D eigenvalue weighted by Gasteiger charge is -2.16. The van der Waals surface area contributed by atoms with Gasteiger partial charge in [0.25, 0.3) is 0 Å². The SMILES string of the molecule is O=[N+]([O-])C1CCCCCCCCC1Cl. The molecule has 1 saturated carbocycles. The van der Waals surface area contributed by atoms with Crippen LogP contribution in [-0.2, 0) is 0 Å². The van der Waals surface area contributed by atoms with Gasteiger partial charge in [0.1, 0.15) is 5.38 Å². The second-order valence-electron chi connectivity index (χ2n) is 4.07. The number of rotatable bonds is 1. The third-order valence-corrected chi connectivity index (χ3v) is 3.43. The minimum atomic E-state index is -0.519. The lowest BCUT2D eigenvalue weighted by Crippen LogP contribution is -2.30. The van der Waals surface area contributed by atoms with E-state index in [1.165, 1.54) is 19.3 Å². The first-order valence-electron chi connectivity index (χ1n) is 5.49. The lowest BCUT2D eigenvalue weighted by molar-refractivity contribution is -0.523. The van der Waals surface area contributed by atoms with Gasteiger partial charge in [0, 0.05) is 11.3 Å². The monoisotopic (exact) mass is 219 g/mol. The molecule has 0 N–H and O–H groups in total. The highest BCUT2D eigenvalue weighted by Gasteiger charge is 2.28. The molecule has 0 spiro atoms. The summed E-state index contributed by atoms with van der Waals surface area (Å²) in [6.45, 7) is 0. The fraction of sp³-hybridized carbons (Fsp3) is 1.00. The van der Waals surface area contributed by atoms with Gasteiger partial charge >= 0.3 is 0 Å². The van der Waals surface area contributed by atoms with Gasteiger partial charge in [-0.2, -0.15) is 0 Å². The average molecular weight is 220 g/mol. The summed E-state index contributed by atoms with van der Waals surface area (Å²) in [7, 11) is 0. The van der Waals surface area contributed by atoms with E-state index in [4.69, 9.17) is 11.6 Å². The second kappa shape index (κ2) is 6.23. The Morgan fingerprint density at radius 3 is 2.07 bits per heavy atom. The summed E-state index contributed by atoms with van der Waals surface area (Å²) in [5.74, 6) is 0. The predicted octanol–water partition coefficient (Wildman–Crippen LogP) is 3.37. The van der Waals surface area contributed by atoms with Crippen LogP contribution >= 0.6 is 11.6 Å². The van der Waals surface area contributed by atoms with Crippen molar-refractivity contribution in [1.82, 2.24) is 0 Å². The van der Waals surface area contributed by atoms with Crippen LogP contribution in [0.5, 0.6) is 0 Å². The van der Waals surface area contributed by atoms with Crippen molar-refractivity contribution >= 4 is 11.6 Å². The molecule has 2 atom stereocenters. The molecule has 1 aliphatic carbocycles. The van der Waals surface area contributed by atoms with Gasteiger partial charge in [-0.15, -0.1) is 11.6 Å². The van der Waals surface area contributed by atoms with Crippen molar-refractivity contribution in [3.63, 3.8) is 0 Å². The predicted molar refractivity (Wildman–Crippen MR) is 57.4 cm³/mol. The van der Waals surface area contributed by atoms with Gasteiger partial charge in [0.15, 0.2) is 0 Å². The van der Waals surface area contributed by atoms with Gasteiger partial charge in [0.2, 0.25) is 6.04 Å². The van der Waals surface area contributed by atoms with Crippen molar-refractivity contribution in [2.75, 3.05) is 0 Å². The molecule has 0 heterocycles. The van der Waals surface area contributed by atoms with E-state index in [-0.39, 0.29) is 10.3 Å². The van der Waals surface area contributed by atoms with Crippen molar-refractivity contribution < 1.29 is 4.92 Å². The van der Waals surface area contributed by atoms with Gasteiger partial charge in [-0.3, -0.25) is 10.1 Å². The molecule has 0 aromatic rings. The second-order valence-corrected chi connectivity index (χ2v) is 4.63. The summed E-state index contributed by atoms with van der Waals surface area (Å²) < 4.78 is 0. The molecular formula is C10H18ClNO2. The number of hydrogen-bond acceptors (Lipinski definition) is 2. The molecule has 4 heteroatoms. The molecule has 82 valence electrons. The zero-order valence-corrected chi connectivity index (χ0v) is 9.21. The minimum absolute atomic E-state index is 0.195. The van der Waals surface area contributed by atoms with Crippen LogP contribution in [0.15, 0.2) is 0 Å². The van der Waals surface area contributed by atoms with Crippen LogP contribution in [0.3, 0.4) is 0 Å². The summed E-state index contributed by atoms with van der Waals surface area (Å²) in [6.07, 6.45) is 8.22. The third-order valence-electron chi connectivity index (χ3n) is 2.92. The first-order valence-corrected chi connectivity index (χ1v) is 5.93. The van der Waals surface area contributed by atoms with E-state index >= 15 is 0 Å². The first kappa shape index (κ1) is 11.8. The van der Waals surface area contributed by atoms with Gasteiger partial charge in [-0.1, -0.05) is 32.1 Å². The molecule has 0 aromatic heterocycles. The Morgan fingerprint density at radius 1 is 1.00 bits per heavy atom. The van der Waals surface area contributed by atoms with Crippen molar-refractivity contribution in [3.05, 3.63) is 10.1 Å². The Morgan fingerprint density at radius 2 is 1.50 bits per heavy atom. The molecular weight excluding hydrogens is 202 g/mol. The highest BCUT2D eigenvalue weighted by Crippen LogP contribution is 2.22. The van der Waals surface area contributed by atoms with Gasteiger partial charge in [-0.05, 0) is 12.8 Å². The standard InChI is InChI=1S/C10H18ClNO2/c11-9-7-5-3-1-2-4-6-8-10(9)12(13)14/h9-10H,1-8H2. The quantitative estimate of drug-likeness (QED) is 0.386. The molecule has 0 radical (unpaired) electrons. The summed E-state index contributed by atoms with van der Waals surface area (Å²) in [5, 5.41) is 10.5. The van der Waals surface area contributed by atoms with Crippen molar-refractivity contribution in [3.8, 4) is 0 Å². The van der Waals surface area contributed by atoms with Crippen LogP contribution in [0.1, 0.15) is 51.4 Å². The minimum Gasteiger partial charge on any atom is -0.264 e. The van der Waals surface area contributed by atoms with Crippen LogP contribution in [0.4, 0.5) is 0 Å². The number of halogens is 1. The van der Waals surface area contributed by atoms with E-state index < -0.39 is 6.04 Å². The smallest absolute Gasteiger partial charge is 0.229 e. The summed E-state index contributed by atoms with van der Waals surface area (Å²) in [6, 6.07) is -0.519. The zero-order chi connectivity index (χ0) is 10.4. The molecule has 2 unspecified atom stereocenters. The summed E-state index contributed by atoms with van der Waals surface area (Å²) in [5.41, 5.74) is 0. The van der Waals surface area contributed by atoms with Gasteiger partial charge in [-0.25, -0.2) is 0 Å². The maximum absolute atomic E-state index is 10.7. The molecule has 0 saturated heterocycles. The van der Waals surface area contributed by atoms with E-state index in [2.05, 4.69) is 0 Å². The van der Waals surface area contributed by atoms with Crippen LogP contribution in [0.2, 0.25) is 0 Å². The molecule has 14 heavy (non-hydrogen) atoms. The van der Waals surface area contributed by atoms with E-state index in [1.807, 2.05) is 0 Å². The normalized spacial score (nSPS) is 30.9. The van der Waals surface area contributed by atoms with Crippen LogP contribution < -0.4 is 0 Å². The highest BCUT2D eigenvalue weighted by molar-refractivity contribution is 6.21. The van der Waals surface area contributed by atoms with Gasteiger partial charge in [0.05, 0.1) is 0 Å². The van der Waals surface area contributed by atoms with E-state index in [9.17, 15) is 10.1 Å². The van der Waals surface area contributed by atoms with Gasteiger partial charge < -0.3 is 0 Å². The first-order chi connectivity index (χ1) is 6.72. The van der Waals surface area contributed by atoms with E-state index in [1.54, 1.807) is 0 Å². The number of nitrogens with zero attached hydrogens (tertiary/aromatic N) is 1. The summed E-state index contributed by atoms with van der Waals surface area (Å²) in [4.78, 5) is 10.6. The largest absolute Gasteiger partial charge is 0.264 e. The Kier molecular flexibility index (Phi) is 5.23. The Hall–Kier alpha value is -0.310. The maximum Gasteiger partial charge on any atom is 0.229 e. The molecule has 0 bridgehead atoms. The molecule has 0 aromatic carbocycles. The maximum atomic E-state index is 10.7. The van der Waals surface area contributed by atoms with Crippen LogP contribution in [0, 0.1) is 10.1 Å².